The Kier molecular flexibility index (Phi) is 4.37. The molecule has 2 rings (SSSR count). The van der Waals surface area contributed by atoms with Crippen LogP contribution >= 0.6 is 11.6 Å². The fourth-order valence-corrected chi connectivity index (χ4v) is 3.08. The van der Waals surface area contributed by atoms with E-state index >= 15 is 0 Å². The van der Waals surface area contributed by atoms with Crippen molar-refractivity contribution in [2.45, 2.75) is 11.4 Å². The highest BCUT2D eigenvalue weighted by Crippen LogP contribution is 2.22. The van der Waals surface area contributed by atoms with Gasteiger partial charge in [0.15, 0.2) is 0 Å². The normalized spacial score (nSPS) is 11.8. The van der Waals surface area contributed by atoms with Crippen molar-refractivity contribution in [3.05, 3.63) is 59.1 Å². The fourth-order valence-electron chi connectivity index (χ4n) is 1.65. The van der Waals surface area contributed by atoms with Crippen LogP contribution < -0.4 is 0 Å². The van der Waals surface area contributed by atoms with Crippen LogP contribution in [0.15, 0.2) is 47.6 Å². The molecule has 0 bridgehead atoms. The van der Waals surface area contributed by atoms with Crippen LogP contribution in [0.4, 0.5) is 4.39 Å². The zero-order valence-corrected chi connectivity index (χ0v) is 12.2. The molecule has 0 saturated carbocycles. The Hall–Kier alpha value is -1.50. The second kappa shape index (κ2) is 5.87. The monoisotopic (exact) mass is 314 g/mol. The Bertz CT molecular complexity index is 708. The Morgan fingerprint density at radius 2 is 1.90 bits per heavy atom. The molecule has 0 aliphatic rings. The summed E-state index contributed by atoms with van der Waals surface area (Å²) in [6, 6.07) is 6.79. The van der Waals surface area contributed by atoms with E-state index in [1.165, 1.54) is 17.4 Å². The molecule has 0 aliphatic carbocycles. The van der Waals surface area contributed by atoms with Gasteiger partial charge in [-0.2, -0.15) is 4.31 Å². The predicted molar refractivity (Wildman–Crippen MR) is 74.3 cm³/mol. The van der Waals surface area contributed by atoms with Gasteiger partial charge in [-0.05, 0) is 35.9 Å². The van der Waals surface area contributed by atoms with Crippen molar-refractivity contribution in [2.24, 2.45) is 0 Å². The fraction of sp³-hybridized carbons (Fsp3) is 0.154. The largest absolute Gasteiger partial charge is 0.265 e. The Morgan fingerprint density at radius 3 is 2.50 bits per heavy atom. The van der Waals surface area contributed by atoms with Crippen LogP contribution in [0.1, 0.15) is 5.56 Å². The summed E-state index contributed by atoms with van der Waals surface area (Å²) in [7, 11) is -2.26. The van der Waals surface area contributed by atoms with Crippen molar-refractivity contribution in [1.82, 2.24) is 9.29 Å². The third-order valence-corrected chi connectivity index (χ3v) is 4.84. The van der Waals surface area contributed by atoms with E-state index < -0.39 is 15.8 Å². The molecule has 1 aromatic carbocycles. The lowest BCUT2D eigenvalue weighted by molar-refractivity contribution is 0.466. The summed E-state index contributed by atoms with van der Waals surface area (Å²) < 4.78 is 38.9. The van der Waals surface area contributed by atoms with Crippen molar-refractivity contribution >= 4 is 21.6 Å². The number of pyridine rings is 1. The van der Waals surface area contributed by atoms with Crippen molar-refractivity contribution in [2.75, 3.05) is 7.05 Å². The molecule has 0 unspecified atom stereocenters. The molecular weight excluding hydrogens is 303 g/mol. The van der Waals surface area contributed by atoms with Gasteiger partial charge in [-0.3, -0.25) is 4.98 Å². The number of benzene rings is 1. The maximum Gasteiger partial charge on any atom is 0.243 e. The summed E-state index contributed by atoms with van der Waals surface area (Å²) >= 11 is 5.62. The molecule has 1 aromatic heterocycles. The Labute approximate surface area is 121 Å². The molecular formula is C13H12ClFN2O2S. The van der Waals surface area contributed by atoms with E-state index in [1.54, 1.807) is 24.5 Å². The number of hydrogen-bond donors (Lipinski definition) is 0. The summed E-state index contributed by atoms with van der Waals surface area (Å²) in [6.45, 7) is 0.194. The zero-order chi connectivity index (χ0) is 14.8. The van der Waals surface area contributed by atoms with Crippen LogP contribution in [0.3, 0.4) is 0 Å². The van der Waals surface area contributed by atoms with Crippen LogP contribution in [0.5, 0.6) is 0 Å². The van der Waals surface area contributed by atoms with E-state index in [1.807, 2.05) is 0 Å². The predicted octanol–water partition coefficient (Wildman–Crippen LogP) is 2.69. The van der Waals surface area contributed by atoms with Crippen molar-refractivity contribution < 1.29 is 12.8 Å². The summed E-state index contributed by atoms with van der Waals surface area (Å²) in [5, 5.41) is -0.219. The molecule has 0 saturated heterocycles. The number of rotatable bonds is 4. The minimum Gasteiger partial charge on any atom is -0.265 e. The third kappa shape index (κ3) is 3.15. The van der Waals surface area contributed by atoms with E-state index in [2.05, 4.69) is 4.98 Å². The first kappa shape index (κ1) is 14.9. The van der Waals surface area contributed by atoms with Gasteiger partial charge in [0.2, 0.25) is 10.0 Å². The first-order valence-corrected chi connectivity index (χ1v) is 7.53. The molecule has 0 amide bonds. The van der Waals surface area contributed by atoms with Gasteiger partial charge in [-0.1, -0.05) is 11.6 Å². The van der Waals surface area contributed by atoms with E-state index in [4.69, 9.17) is 11.6 Å². The van der Waals surface area contributed by atoms with E-state index in [0.29, 0.717) is 0 Å². The van der Waals surface area contributed by atoms with Crippen LogP contribution in [0.2, 0.25) is 5.02 Å². The van der Waals surface area contributed by atoms with Gasteiger partial charge in [0.25, 0.3) is 0 Å². The second-order valence-electron chi connectivity index (χ2n) is 4.19. The molecule has 0 fully saturated rings. The molecule has 0 atom stereocenters. The maximum atomic E-state index is 13.1. The van der Waals surface area contributed by atoms with E-state index in [-0.39, 0.29) is 16.5 Å². The average molecular weight is 315 g/mol. The van der Waals surface area contributed by atoms with Crippen molar-refractivity contribution in [1.29, 1.82) is 0 Å². The van der Waals surface area contributed by atoms with Crippen LogP contribution in [0, 0.1) is 5.82 Å². The zero-order valence-electron chi connectivity index (χ0n) is 10.6. The first-order chi connectivity index (χ1) is 9.41. The van der Waals surface area contributed by atoms with Gasteiger partial charge < -0.3 is 0 Å². The van der Waals surface area contributed by atoms with Gasteiger partial charge in [0.1, 0.15) is 5.82 Å². The molecule has 0 spiro atoms. The number of halogens is 2. The topological polar surface area (TPSA) is 50.3 Å². The third-order valence-electron chi connectivity index (χ3n) is 2.75. The summed E-state index contributed by atoms with van der Waals surface area (Å²) in [5.41, 5.74) is 0.805. The van der Waals surface area contributed by atoms with Crippen LogP contribution in [0.25, 0.3) is 0 Å². The van der Waals surface area contributed by atoms with Gasteiger partial charge in [0, 0.05) is 26.0 Å². The molecule has 0 aliphatic heterocycles. The second-order valence-corrected chi connectivity index (χ2v) is 6.64. The van der Waals surface area contributed by atoms with E-state index in [0.717, 1.165) is 17.7 Å². The highest BCUT2D eigenvalue weighted by Gasteiger charge is 2.21. The SMILES string of the molecule is CN(Cc1ccncc1)S(=O)(=O)c1ccc(F)c(Cl)c1. The van der Waals surface area contributed by atoms with Crippen LogP contribution in [-0.4, -0.2) is 24.8 Å². The summed E-state index contributed by atoms with van der Waals surface area (Å²) in [6.07, 6.45) is 3.18. The molecule has 106 valence electrons. The van der Waals surface area contributed by atoms with Crippen molar-refractivity contribution in [3.63, 3.8) is 0 Å². The summed E-state index contributed by atoms with van der Waals surface area (Å²) in [4.78, 5) is 3.83. The van der Waals surface area contributed by atoms with Crippen molar-refractivity contribution in [3.8, 4) is 0 Å². The number of hydrogen-bond acceptors (Lipinski definition) is 3. The highest BCUT2D eigenvalue weighted by molar-refractivity contribution is 7.89. The maximum absolute atomic E-state index is 13.1. The lowest BCUT2D eigenvalue weighted by Gasteiger charge is -2.17. The minimum absolute atomic E-state index is 0.0412. The Balaban J connectivity index is 2.27. The minimum atomic E-state index is -3.71. The Morgan fingerprint density at radius 1 is 1.25 bits per heavy atom. The lowest BCUT2D eigenvalue weighted by atomic mass is 10.3. The first-order valence-electron chi connectivity index (χ1n) is 5.71. The van der Waals surface area contributed by atoms with Gasteiger partial charge in [-0.15, -0.1) is 0 Å². The molecule has 0 radical (unpaired) electrons. The number of sulfonamides is 1. The molecule has 20 heavy (non-hydrogen) atoms. The summed E-state index contributed by atoms with van der Waals surface area (Å²) in [5.74, 6) is -0.651. The molecule has 4 nitrogen and oxygen atoms in total. The van der Waals surface area contributed by atoms with E-state index in [9.17, 15) is 12.8 Å². The molecule has 7 heteroatoms. The average Bonchev–Trinajstić information content (AvgIpc) is 2.42. The van der Waals surface area contributed by atoms with Gasteiger partial charge in [-0.25, -0.2) is 12.8 Å². The lowest BCUT2D eigenvalue weighted by Crippen LogP contribution is -2.26. The molecule has 1 heterocycles. The number of nitrogens with zero attached hydrogens (tertiary/aromatic N) is 2. The highest BCUT2D eigenvalue weighted by atomic mass is 35.5. The van der Waals surface area contributed by atoms with Gasteiger partial charge >= 0.3 is 0 Å². The van der Waals surface area contributed by atoms with Gasteiger partial charge in [0.05, 0.1) is 9.92 Å². The molecule has 2 aromatic rings. The molecule has 0 N–H and O–H groups in total. The standard InChI is InChI=1S/C13H12ClFN2O2S/c1-17(9-10-4-6-16-7-5-10)20(18,19)11-2-3-13(15)12(14)8-11/h2-8H,9H2,1H3. The van der Waals surface area contributed by atoms with Crippen LogP contribution in [-0.2, 0) is 16.6 Å². The quantitative estimate of drug-likeness (QED) is 0.872. The smallest absolute Gasteiger partial charge is 0.243 e. The number of aromatic nitrogens is 1.